The van der Waals surface area contributed by atoms with Crippen LogP contribution in [0.1, 0.15) is 23.6 Å². The molecule has 0 spiro atoms. The standard InChI is InChI=1S/C23H29N3O3S/c27-22(26-14-12-25(13-15-26)21-11-16-30(28,29)18-21)17-24-23(19-7-3-1-4-8-19)20-9-5-2-6-10-20/h1-10,21,23-24H,11-18H2. The Hall–Kier alpha value is -2.22. The maximum atomic E-state index is 12.8. The molecule has 2 heterocycles. The molecule has 7 heteroatoms. The van der Waals surface area contributed by atoms with Gasteiger partial charge in [0.1, 0.15) is 0 Å². The zero-order valence-corrected chi connectivity index (χ0v) is 17.9. The minimum absolute atomic E-state index is 0.0404. The molecule has 1 unspecified atom stereocenters. The first-order valence-corrected chi connectivity index (χ1v) is 12.4. The van der Waals surface area contributed by atoms with Gasteiger partial charge in [0, 0.05) is 32.2 Å². The van der Waals surface area contributed by atoms with Crippen LogP contribution >= 0.6 is 0 Å². The van der Waals surface area contributed by atoms with Crippen molar-refractivity contribution in [2.45, 2.75) is 18.5 Å². The van der Waals surface area contributed by atoms with Crippen LogP contribution in [-0.2, 0) is 14.6 Å². The number of nitrogens with zero attached hydrogens (tertiary/aromatic N) is 2. The van der Waals surface area contributed by atoms with Crippen LogP contribution in [0.3, 0.4) is 0 Å². The third-order valence-corrected chi connectivity index (χ3v) is 7.87. The van der Waals surface area contributed by atoms with Crippen molar-refractivity contribution in [2.75, 3.05) is 44.2 Å². The number of carbonyl (C=O) groups is 1. The highest BCUT2D eigenvalue weighted by atomic mass is 32.2. The molecule has 2 aromatic rings. The molecule has 1 N–H and O–H groups in total. The summed E-state index contributed by atoms with van der Waals surface area (Å²) >= 11 is 0. The van der Waals surface area contributed by atoms with Gasteiger partial charge in [-0.05, 0) is 17.5 Å². The van der Waals surface area contributed by atoms with Gasteiger partial charge in [0.25, 0.3) is 0 Å². The summed E-state index contributed by atoms with van der Waals surface area (Å²) in [6, 6.07) is 20.4. The molecular weight excluding hydrogens is 398 g/mol. The van der Waals surface area contributed by atoms with Gasteiger partial charge in [0.05, 0.1) is 24.1 Å². The van der Waals surface area contributed by atoms with E-state index in [1.165, 1.54) is 0 Å². The minimum Gasteiger partial charge on any atom is -0.339 e. The van der Waals surface area contributed by atoms with E-state index >= 15 is 0 Å². The van der Waals surface area contributed by atoms with Gasteiger partial charge in [-0.3, -0.25) is 15.0 Å². The second kappa shape index (κ2) is 9.29. The van der Waals surface area contributed by atoms with Crippen molar-refractivity contribution in [1.29, 1.82) is 0 Å². The lowest BCUT2D eigenvalue weighted by molar-refractivity contribution is -0.132. The summed E-state index contributed by atoms with van der Waals surface area (Å²) in [6.07, 6.45) is 0.716. The summed E-state index contributed by atoms with van der Waals surface area (Å²) < 4.78 is 23.5. The quantitative estimate of drug-likeness (QED) is 0.760. The van der Waals surface area contributed by atoms with Crippen LogP contribution in [0.4, 0.5) is 0 Å². The number of hydrogen-bond donors (Lipinski definition) is 1. The summed E-state index contributed by atoms with van der Waals surface area (Å²) in [4.78, 5) is 17.0. The Kier molecular flexibility index (Phi) is 6.51. The Balaban J connectivity index is 1.33. The first-order valence-electron chi connectivity index (χ1n) is 10.6. The number of nitrogens with one attached hydrogen (secondary N) is 1. The fraction of sp³-hybridized carbons (Fsp3) is 0.435. The predicted octanol–water partition coefficient (Wildman–Crippen LogP) is 1.70. The number of hydrogen-bond acceptors (Lipinski definition) is 5. The van der Waals surface area contributed by atoms with Crippen LogP contribution in [0.25, 0.3) is 0 Å². The van der Waals surface area contributed by atoms with E-state index < -0.39 is 9.84 Å². The lowest BCUT2D eigenvalue weighted by Crippen LogP contribution is -2.53. The van der Waals surface area contributed by atoms with Gasteiger partial charge < -0.3 is 4.90 Å². The number of piperazine rings is 1. The molecule has 0 aliphatic carbocycles. The summed E-state index contributed by atoms with van der Waals surface area (Å²) in [5.41, 5.74) is 2.26. The highest BCUT2D eigenvalue weighted by Crippen LogP contribution is 2.22. The number of carbonyl (C=O) groups excluding carboxylic acids is 1. The number of sulfone groups is 1. The summed E-state index contributed by atoms with van der Waals surface area (Å²) in [5, 5.41) is 3.44. The lowest BCUT2D eigenvalue weighted by atomic mass is 9.99. The maximum Gasteiger partial charge on any atom is 0.236 e. The summed E-state index contributed by atoms with van der Waals surface area (Å²) in [7, 11) is -2.88. The number of rotatable bonds is 6. The zero-order valence-electron chi connectivity index (χ0n) is 17.1. The molecule has 6 nitrogen and oxygen atoms in total. The summed E-state index contributed by atoms with van der Waals surface area (Å²) in [5.74, 6) is 0.643. The van der Waals surface area contributed by atoms with Crippen molar-refractivity contribution >= 4 is 15.7 Å². The first kappa shape index (κ1) is 21.0. The smallest absolute Gasteiger partial charge is 0.236 e. The van der Waals surface area contributed by atoms with Gasteiger partial charge in [-0.1, -0.05) is 60.7 Å². The molecule has 1 amide bonds. The van der Waals surface area contributed by atoms with Gasteiger partial charge in [-0.2, -0.15) is 0 Å². The number of amides is 1. The average Bonchev–Trinajstić information content (AvgIpc) is 3.15. The Labute approximate surface area is 178 Å². The molecule has 2 aromatic carbocycles. The SMILES string of the molecule is O=C(CNC(c1ccccc1)c1ccccc1)N1CCN(C2CCS(=O)(=O)C2)CC1. The molecule has 0 saturated carbocycles. The summed E-state index contributed by atoms with van der Waals surface area (Å²) in [6.45, 7) is 3.06. The van der Waals surface area contributed by atoms with Gasteiger partial charge in [0.2, 0.25) is 5.91 Å². The largest absolute Gasteiger partial charge is 0.339 e. The third-order valence-electron chi connectivity index (χ3n) is 6.11. The van der Waals surface area contributed by atoms with Crippen LogP contribution < -0.4 is 5.32 Å². The van der Waals surface area contributed by atoms with Gasteiger partial charge in [-0.15, -0.1) is 0 Å². The molecule has 0 radical (unpaired) electrons. The molecule has 2 aliphatic heterocycles. The second-order valence-electron chi connectivity index (χ2n) is 8.11. The van der Waals surface area contributed by atoms with Crippen LogP contribution in [0.2, 0.25) is 0 Å². The molecule has 2 fully saturated rings. The highest BCUT2D eigenvalue weighted by Gasteiger charge is 2.34. The van der Waals surface area contributed by atoms with Crippen LogP contribution in [0, 0.1) is 0 Å². The Morgan fingerprint density at radius 2 is 1.50 bits per heavy atom. The molecular formula is C23H29N3O3S. The van der Waals surface area contributed by atoms with Crippen molar-refractivity contribution in [3.63, 3.8) is 0 Å². The predicted molar refractivity (Wildman–Crippen MR) is 118 cm³/mol. The van der Waals surface area contributed by atoms with E-state index in [-0.39, 0.29) is 30.3 Å². The number of benzene rings is 2. The minimum atomic E-state index is -2.88. The first-order chi connectivity index (χ1) is 14.5. The van der Waals surface area contributed by atoms with Crippen molar-refractivity contribution < 1.29 is 13.2 Å². The van der Waals surface area contributed by atoms with E-state index in [1.807, 2.05) is 41.3 Å². The fourth-order valence-electron chi connectivity index (χ4n) is 4.42. The lowest BCUT2D eigenvalue weighted by Gasteiger charge is -2.37. The van der Waals surface area contributed by atoms with E-state index in [9.17, 15) is 13.2 Å². The molecule has 4 rings (SSSR count). The van der Waals surface area contributed by atoms with E-state index in [4.69, 9.17) is 0 Å². The molecule has 30 heavy (non-hydrogen) atoms. The zero-order chi connectivity index (χ0) is 21.0. The molecule has 160 valence electrons. The molecule has 2 aliphatic rings. The van der Waals surface area contributed by atoms with Crippen molar-refractivity contribution in [3.05, 3.63) is 71.8 Å². The second-order valence-corrected chi connectivity index (χ2v) is 10.3. The highest BCUT2D eigenvalue weighted by molar-refractivity contribution is 7.91. The van der Waals surface area contributed by atoms with E-state index in [1.54, 1.807) is 0 Å². The molecule has 2 saturated heterocycles. The molecule has 0 aromatic heterocycles. The van der Waals surface area contributed by atoms with Crippen molar-refractivity contribution in [1.82, 2.24) is 15.1 Å². The van der Waals surface area contributed by atoms with Crippen LogP contribution in [0.15, 0.2) is 60.7 Å². The fourth-order valence-corrected chi connectivity index (χ4v) is 6.18. The molecule has 0 bridgehead atoms. The molecule has 1 atom stereocenters. The van der Waals surface area contributed by atoms with Gasteiger partial charge in [-0.25, -0.2) is 8.42 Å². The van der Waals surface area contributed by atoms with Gasteiger partial charge in [0.15, 0.2) is 9.84 Å². The maximum absolute atomic E-state index is 12.8. The Morgan fingerprint density at radius 3 is 2.00 bits per heavy atom. The average molecular weight is 428 g/mol. The Morgan fingerprint density at radius 1 is 0.933 bits per heavy atom. The van der Waals surface area contributed by atoms with E-state index in [0.717, 1.165) is 24.2 Å². The van der Waals surface area contributed by atoms with Gasteiger partial charge >= 0.3 is 0 Å². The monoisotopic (exact) mass is 427 g/mol. The third kappa shape index (κ3) is 5.09. The van der Waals surface area contributed by atoms with E-state index in [0.29, 0.717) is 25.3 Å². The van der Waals surface area contributed by atoms with E-state index in [2.05, 4.69) is 34.5 Å². The normalized spacial score (nSPS) is 21.8. The van der Waals surface area contributed by atoms with Crippen molar-refractivity contribution in [2.24, 2.45) is 0 Å². The van der Waals surface area contributed by atoms with Crippen molar-refractivity contribution in [3.8, 4) is 0 Å². The van der Waals surface area contributed by atoms with Crippen LogP contribution in [0.5, 0.6) is 0 Å². The topological polar surface area (TPSA) is 69.7 Å². The van der Waals surface area contributed by atoms with Crippen LogP contribution in [-0.4, -0.2) is 74.4 Å². The Bertz CT molecular complexity index is 903.